The van der Waals surface area contributed by atoms with Crippen LogP contribution in [0.15, 0.2) is 30.3 Å². The van der Waals surface area contributed by atoms with Gasteiger partial charge in [-0.1, -0.05) is 25.1 Å². The maximum Gasteiger partial charge on any atom is 0.0340 e. The molecule has 1 fully saturated rings. The van der Waals surface area contributed by atoms with Crippen LogP contribution < -0.4 is 5.32 Å². The summed E-state index contributed by atoms with van der Waals surface area (Å²) in [6.07, 6.45) is 2.54. The Morgan fingerprint density at radius 1 is 1.21 bits per heavy atom. The van der Waals surface area contributed by atoms with Crippen LogP contribution in [0.2, 0.25) is 0 Å². The van der Waals surface area contributed by atoms with Gasteiger partial charge in [-0.25, -0.2) is 0 Å². The third-order valence-corrected chi connectivity index (χ3v) is 4.00. The van der Waals surface area contributed by atoms with Gasteiger partial charge in [0.05, 0.1) is 0 Å². The van der Waals surface area contributed by atoms with Crippen LogP contribution in [0.1, 0.15) is 19.8 Å². The fourth-order valence-electron chi connectivity index (χ4n) is 2.87. The molecule has 0 bridgehead atoms. The van der Waals surface area contributed by atoms with Crippen LogP contribution in [0, 0.1) is 0 Å². The van der Waals surface area contributed by atoms with Crippen molar-refractivity contribution in [3.8, 4) is 0 Å². The van der Waals surface area contributed by atoms with E-state index < -0.39 is 0 Å². The van der Waals surface area contributed by atoms with E-state index in [1.165, 1.54) is 38.2 Å². The van der Waals surface area contributed by atoms with Gasteiger partial charge in [0.2, 0.25) is 0 Å². The fraction of sp³-hybridized carbons (Fsp3) is 0.625. The Morgan fingerprint density at radius 2 is 2.00 bits per heavy atom. The first kappa shape index (κ1) is 14.4. The summed E-state index contributed by atoms with van der Waals surface area (Å²) >= 11 is 0. The minimum atomic E-state index is 0.713. The Balaban J connectivity index is 1.80. The van der Waals surface area contributed by atoms with Gasteiger partial charge in [-0.15, -0.1) is 0 Å². The van der Waals surface area contributed by atoms with E-state index in [9.17, 15) is 0 Å². The summed E-state index contributed by atoms with van der Waals surface area (Å²) in [7, 11) is 2.24. The lowest BCUT2D eigenvalue weighted by Crippen LogP contribution is -2.41. The topological polar surface area (TPSA) is 18.5 Å². The smallest absolute Gasteiger partial charge is 0.0340 e. The summed E-state index contributed by atoms with van der Waals surface area (Å²) in [6.45, 7) is 8.16. The van der Waals surface area contributed by atoms with Gasteiger partial charge in [-0.05, 0) is 45.1 Å². The molecule has 1 unspecified atom stereocenters. The molecule has 0 aliphatic carbocycles. The third-order valence-electron chi connectivity index (χ3n) is 4.00. The van der Waals surface area contributed by atoms with Crippen LogP contribution >= 0.6 is 0 Å². The highest BCUT2D eigenvalue weighted by atomic mass is 15.2. The summed E-state index contributed by atoms with van der Waals surface area (Å²) in [5.74, 6) is 0. The van der Waals surface area contributed by atoms with Crippen molar-refractivity contribution in [2.24, 2.45) is 0 Å². The minimum absolute atomic E-state index is 0.713. The van der Waals surface area contributed by atoms with Gasteiger partial charge in [-0.3, -0.25) is 4.90 Å². The molecule has 1 aliphatic heterocycles. The van der Waals surface area contributed by atoms with Gasteiger partial charge in [0.15, 0.2) is 0 Å². The molecule has 1 atom stereocenters. The third kappa shape index (κ3) is 4.51. The molecule has 0 saturated carbocycles. The number of anilines is 1. The van der Waals surface area contributed by atoms with E-state index in [-0.39, 0.29) is 0 Å². The second-order valence-electron chi connectivity index (χ2n) is 5.51. The van der Waals surface area contributed by atoms with Gasteiger partial charge in [0.25, 0.3) is 0 Å². The quantitative estimate of drug-likeness (QED) is 0.878. The van der Waals surface area contributed by atoms with Crippen LogP contribution in [0.25, 0.3) is 0 Å². The van der Waals surface area contributed by atoms with Crippen molar-refractivity contribution in [3.05, 3.63) is 30.3 Å². The first-order valence-electron chi connectivity index (χ1n) is 7.51. The van der Waals surface area contributed by atoms with Crippen LogP contribution in [-0.4, -0.2) is 55.6 Å². The number of hydrogen-bond acceptors (Lipinski definition) is 3. The molecule has 1 aromatic rings. The van der Waals surface area contributed by atoms with Crippen molar-refractivity contribution >= 4 is 5.69 Å². The Hall–Kier alpha value is -1.06. The van der Waals surface area contributed by atoms with Crippen molar-refractivity contribution in [2.75, 3.05) is 45.1 Å². The molecule has 2 rings (SSSR count). The van der Waals surface area contributed by atoms with Gasteiger partial charge in [0, 0.05) is 31.4 Å². The lowest BCUT2D eigenvalue weighted by Gasteiger charge is -2.30. The van der Waals surface area contributed by atoms with Crippen LogP contribution in [-0.2, 0) is 0 Å². The van der Waals surface area contributed by atoms with E-state index in [4.69, 9.17) is 0 Å². The summed E-state index contributed by atoms with van der Waals surface area (Å²) in [5, 5.41) is 3.51. The molecule has 0 spiro atoms. The Labute approximate surface area is 117 Å². The Kier molecular flexibility index (Phi) is 5.67. The van der Waals surface area contributed by atoms with Crippen LogP contribution in [0.4, 0.5) is 5.69 Å². The molecular formula is C16H27N3. The highest BCUT2D eigenvalue weighted by Gasteiger charge is 2.21. The lowest BCUT2D eigenvalue weighted by molar-refractivity contribution is 0.190. The predicted octanol–water partition coefficient (Wildman–Crippen LogP) is 2.51. The maximum absolute atomic E-state index is 3.51. The van der Waals surface area contributed by atoms with Crippen molar-refractivity contribution in [2.45, 2.75) is 25.8 Å². The molecule has 1 aliphatic rings. The van der Waals surface area contributed by atoms with Crippen molar-refractivity contribution in [3.63, 3.8) is 0 Å². The fourth-order valence-corrected chi connectivity index (χ4v) is 2.87. The number of nitrogens with one attached hydrogen (secondary N) is 1. The number of para-hydroxylation sites is 1. The van der Waals surface area contributed by atoms with E-state index in [1.54, 1.807) is 0 Å². The zero-order chi connectivity index (χ0) is 13.5. The molecular weight excluding hydrogens is 234 g/mol. The number of hydrogen-bond donors (Lipinski definition) is 1. The highest BCUT2D eigenvalue weighted by molar-refractivity contribution is 5.42. The number of nitrogens with zero attached hydrogens (tertiary/aromatic N) is 2. The zero-order valence-corrected chi connectivity index (χ0v) is 12.3. The average Bonchev–Trinajstić information content (AvgIpc) is 2.61. The normalized spacial score (nSPS) is 22.1. The predicted molar refractivity (Wildman–Crippen MR) is 82.7 cm³/mol. The molecule has 106 valence electrons. The molecule has 0 radical (unpaired) electrons. The zero-order valence-electron chi connectivity index (χ0n) is 12.3. The second-order valence-corrected chi connectivity index (χ2v) is 5.51. The molecule has 0 amide bonds. The molecule has 1 heterocycles. The number of rotatable bonds is 5. The monoisotopic (exact) mass is 261 g/mol. The summed E-state index contributed by atoms with van der Waals surface area (Å²) in [4.78, 5) is 5.12. The van der Waals surface area contributed by atoms with Crippen molar-refractivity contribution < 1.29 is 0 Å². The molecule has 1 saturated heterocycles. The first-order valence-corrected chi connectivity index (χ1v) is 7.51. The van der Waals surface area contributed by atoms with E-state index in [2.05, 4.69) is 59.4 Å². The van der Waals surface area contributed by atoms with E-state index in [0.717, 1.165) is 13.1 Å². The first-order chi connectivity index (χ1) is 9.29. The van der Waals surface area contributed by atoms with Gasteiger partial charge in [0.1, 0.15) is 0 Å². The lowest BCUT2D eigenvalue weighted by atomic mass is 10.2. The summed E-state index contributed by atoms with van der Waals surface area (Å²) < 4.78 is 0. The average molecular weight is 261 g/mol. The second kappa shape index (κ2) is 7.51. The molecule has 0 aromatic heterocycles. The maximum atomic E-state index is 3.51. The van der Waals surface area contributed by atoms with Crippen molar-refractivity contribution in [1.82, 2.24) is 9.80 Å². The Morgan fingerprint density at radius 3 is 2.74 bits per heavy atom. The molecule has 3 nitrogen and oxygen atoms in total. The highest BCUT2D eigenvalue weighted by Crippen LogP contribution is 2.12. The largest absolute Gasteiger partial charge is 0.384 e. The molecule has 19 heavy (non-hydrogen) atoms. The Bertz CT molecular complexity index is 352. The van der Waals surface area contributed by atoms with E-state index in [1.807, 2.05) is 0 Å². The molecule has 3 heteroatoms. The number of likely N-dealkylation sites (N-methyl/N-ethyl adjacent to an activating group) is 1. The standard InChI is InChI=1S/C16H27N3/c1-3-16-14-18(2)11-7-12-19(16)13-10-17-15-8-5-4-6-9-15/h4-6,8-9,16-17H,3,7,10-14H2,1-2H3. The van der Waals surface area contributed by atoms with E-state index >= 15 is 0 Å². The summed E-state index contributed by atoms with van der Waals surface area (Å²) in [5.41, 5.74) is 1.22. The molecule has 1 aromatic carbocycles. The van der Waals surface area contributed by atoms with Gasteiger partial charge in [-0.2, -0.15) is 0 Å². The van der Waals surface area contributed by atoms with Crippen LogP contribution in [0.3, 0.4) is 0 Å². The molecule has 1 N–H and O–H groups in total. The SMILES string of the molecule is CCC1CN(C)CCCN1CCNc1ccccc1. The van der Waals surface area contributed by atoms with E-state index in [0.29, 0.717) is 6.04 Å². The summed E-state index contributed by atoms with van der Waals surface area (Å²) in [6, 6.07) is 11.2. The van der Waals surface area contributed by atoms with Crippen LogP contribution in [0.5, 0.6) is 0 Å². The van der Waals surface area contributed by atoms with Crippen molar-refractivity contribution in [1.29, 1.82) is 0 Å². The van der Waals surface area contributed by atoms with Gasteiger partial charge >= 0.3 is 0 Å². The minimum Gasteiger partial charge on any atom is -0.384 e. The van der Waals surface area contributed by atoms with Gasteiger partial charge < -0.3 is 10.2 Å². The number of benzene rings is 1.